The first kappa shape index (κ1) is 21.8. The number of hydrazone groups is 1. The Bertz CT molecular complexity index is 1000. The normalized spacial score (nSPS) is 11.6. The molecule has 0 fully saturated rings. The molecule has 30 heavy (non-hydrogen) atoms. The van der Waals surface area contributed by atoms with Gasteiger partial charge in [-0.2, -0.15) is 5.10 Å². The van der Waals surface area contributed by atoms with E-state index in [9.17, 15) is 4.79 Å². The maximum Gasteiger partial charge on any atom is 0.250 e. The first-order valence-corrected chi connectivity index (χ1v) is 11.4. The molecule has 0 aliphatic carbocycles. The Hall–Kier alpha value is -2.90. The highest BCUT2D eigenvalue weighted by Gasteiger charge is 2.16. The van der Waals surface area contributed by atoms with Crippen molar-refractivity contribution in [2.45, 2.75) is 13.5 Å². The summed E-state index contributed by atoms with van der Waals surface area (Å²) < 4.78 is 0. The van der Waals surface area contributed by atoms with Crippen LogP contribution in [0.5, 0.6) is 0 Å². The number of nitrogens with zero attached hydrogens (tertiary/aromatic N) is 3. The van der Waals surface area contributed by atoms with Gasteiger partial charge in [-0.1, -0.05) is 60.3 Å². The lowest BCUT2D eigenvalue weighted by atomic mass is 10.2. The van der Waals surface area contributed by atoms with Crippen LogP contribution >= 0.6 is 23.1 Å². The molecule has 0 spiro atoms. The maximum atomic E-state index is 12.3. The highest BCUT2D eigenvalue weighted by atomic mass is 32.2. The molecule has 154 valence electrons. The molecular formula is C23H24N4OS2. The number of anilines is 1. The zero-order valence-electron chi connectivity index (χ0n) is 17.0. The van der Waals surface area contributed by atoms with Gasteiger partial charge in [-0.15, -0.1) is 11.3 Å². The molecule has 0 saturated heterocycles. The number of carbonyl (C=O) groups is 1. The minimum absolute atomic E-state index is 0.167. The van der Waals surface area contributed by atoms with Crippen LogP contribution in [0.2, 0.25) is 0 Å². The second-order valence-corrected chi connectivity index (χ2v) is 8.35. The van der Waals surface area contributed by atoms with E-state index in [0.717, 1.165) is 21.3 Å². The number of aliphatic imine (C=N–C) groups is 1. The van der Waals surface area contributed by atoms with Gasteiger partial charge in [0.15, 0.2) is 5.17 Å². The fourth-order valence-corrected chi connectivity index (χ4v) is 4.31. The van der Waals surface area contributed by atoms with Crippen LogP contribution < -0.4 is 10.3 Å². The van der Waals surface area contributed by atoms with E-state index in [-0.39, 0.29) is 11.7 Å². The molecule has 3 aromatic rings. The average molecular weight is 437 g/mol. The topological polar surface area (TPSA) is 57.1 Å². The van der Waals surface area contributed by atoms with Crippen molar-refractivity contribution in [1.29, 1.82) is 0 Å². The van der Waals surface area contributed by atoms with Gasteiger partial charge in [0.2, 0.25) is 0 Å². The lowest BCUT2D eigenvalue weighted by Gasteiger charge is -2.25. The molecule has 0 bridgehead atoms. The molecule has 5 nitrogen and oxygen atoms in total. The Kier molecular flexibility index (Phi) is 8.23. The Morgan fingerprint density at radius 1 is 1.10 bits per heavy atom. The van der Waals surface area contributed by atoms with Gasteiger partial charge in [0.25, 0.3) is 5.91 Å². The Labute approximate surface area is 185 Å². The van der Waals surface area contributed by atoms with Crippen LogP contribution in [0.1, 0.15) is 16.0 Å². The molecule has 1 amide bonds. The zero-order chi connectivity index (χ0) is 21.2. The van der Waals surface area contributed by atoms with Crippen molar-refractivity contribution in [2.24, 2.45) is 10.1 Å². The van der Waals surface area contributed by atoms with Gasteiger partial charge in [0, 0.05) is 17.6 Å². The van der Waals surface area contributed by atoms with E-state index >= 15 is 0 Å². The molecule has 2 aromatic carbocycles. The molecule has 0 aliphatic rings. The first-order valence-electron chi connectivity index (χ1n) is 9.49. The lowest BCUT2D eigenvalue weighted by molar-refractivity contribution is -0.118. The third-order valence-corrected chi connectivity index (χ3v) is 6.30. The van der Waals surface area contributed by atoms with E-state index in [1.807, 2.05) is 66.9 Å². The molecular weight excluding hydrogens is 412 g/mol. The van der Waals surface area contributed by atoms with Crippen molar-refractivity contribution < 1.29 is 4.79 Å². The number of carbonyl (C=O) groups excluding carboxylic acids is 1. The molecule has 0 saturated carbocycles. The number of aryl methyl sites for hydroxylation is 1. The largest absolute Gasteiger partial charge is 0.317 e. The number of para-hydroxylation sites is 1. The van der Waals surface area contributed by atoms with Crippen molar-refractivity contribution in [3.63, 3.8) is 0 Å². The zero-order valence-corrected chi connectivity index (χ0v) is 18.6. The lowest BCUT2D eigenvalue weighted by Crippen LogP contribution is -2.30. The summed E-state index contributed by atoms with van der Waals surface area (Å²) in [5.74, 6) is 0.0605. The molecule has 1 aromatic heterocycles. The summed E-state index contributed by atoms with van der Waals surface area (Å²) in [4.78, 5) is 19.9. The molecule has 7 heteroatoms. The summed E-state index contributed by atoms with van der Waals surface area (Å²) in [6, 6.07) is 22.3. The van der Waals surface area contributed by atoms with Crippen LogP contribution in [0, 0.1) is 6.92 Å². The Balaban J connectivity index is 1.64. The fourth-order valence-electron chi connectivity index (χ4n) is 2.75. The van der Waals surface area contributed by atoms with Crippen molar-refractivity contribution in [3.8, 4) is 0 Å². The second-order valence-electron chi connectivity index (χ2n) is 6.46. The van der Waals surface area contributed by atoms with Crippen molar-refractivity contribution in [3.05, 3.63) is 88.1 Å². The summed E-state index contributed by atoms with van der Waals surface area (Å²) >= 11 is 2.99. The molecule has 3 rings (SSSR count). The monoisotopic (exact) mass is 436 g/mol. The number of amides is 1. The van der Waals surface area contributed by atoms with Crippen molar-refractivity contribution >= 4 is 46.1 Å². The fraction of sp³-hybridized carbons (Fsp3) is 0.174. The first-order chi connectivity index (χ1) is 14.7. The van der Waals surface area contributed by atoms with Gasteiger partial charge in [-0.05, 0) is 41.6 Å². The van der Waals surface area contributed by atoms with E-state index in [1.54, 1.807) is 24.6 Å². The van der Waals surface area contributed by atoms with Gasteiger partial charge in [0.05, 0.1) is 18.5 Å². The van der Waals surface area contributed by atoms with Crippen LogP contribution in [-0.4, -0.2) is 30.1 Å². The number of rotatable bonds is 7. The summed E-state index contributed by atoms with van der Waals surface area (Å²) in [7, 11) is 1.75. The quantitative estimate of drug-likeness (QED) is 0.324. The third kappa shape index (κ3) is 6.30. The predicted molar refractivity (Wildman–Crippen MR) is 130 cm³/mol. The van der Waals surface area contributed by atoms with E-state index in [1.165, 1.54) is 17.3 Å². The summed E-state index contributed by atoms with van der Waals surface area (Å²) in [5, 5.41) is 6.85. The minimum Gasteiger partial charge on any atom is -0.317 e. The third-order valence-electron chi connectivity index (χ3n) is 4.28. The summed E-state index contributed by atoms with van der Waals surface area (Å²) in [6.07, 6.45) is 1.68. The van der Waals surface area contributed by atoms with Crippen LogP contribution in [0.25, 0.3) is 0 Å². The predicted octanol–water partition coefficient (Wildman–Crippen LogP) is 4.93. The van der Waals surface area contributed by atoms with Crippen molar-refractivity contribution in [2.75, 3.05) is 17.7 Å². The van der Waals surface area contributed by atoms with Gasteiger partial charge >= 0.3 is 0 Å². The molecule has 0 atom stereocenters. The van der Waals surface area contributed by atoms with E-state index in [2.05, 4.69) is 32.6 Å². The van der Waals surface area contributed by atoms with Crippen LogP contribution in [-0.2, 0) is 11.3 Å². The molecule has 1 N–H and O–H groups in total. The van der Waals surface area contributed by atoms with Crippen LogP contribution in [0.4, 0.5) is 5.69 Å². The van der Waals surface area contributed by atoms with Gasteiger partial charge in [-0.25, -0.2) is 5.43 Å². The number of hydrogen-bond acceptors (Lipinski definition) is 5. The molecule has 0 unspecified atom stereocenters. The Morgan fingerprint density at radius 3 is 2.43 bits per heavy atom. The van der Waals surface area contributed by atoms with Gasteiger partial charge in [0.1, 0.15) is 0 Å². The number of hydrogen-bond donors (Lipinski definition) is 1. The highest BCUT2D eigenvalue weighted by Crippen LogP contribution is 2.22. The maximum absolute atomic E-state index is 12.3. The SMILES string of the molecule is CN=C(SCC(=O)N/N=C/c1sccc1C)N(Cc1ccccc1)c1ccccc1. The standard InChI is InChI=1S/C23H24N4OS2/c1-18-13-14-29-21(18)15-25-26-22(28)17-30-23(24-2)27(20-11-7-4-8-12-20)16-19-9-5-3-6-10-19/h3-15H,16-17H2,1-2H3,(H,26,28)/b24-23?,25-15+. The Morgan fingerprint density at radius 2 is 1.80 bits per heavy atom. The average Bonchev–Trinajstić information content (AvgIpc) is 3.19. The molecule has 0 aliphatic heterocycles. The number of thioether (sulfide) groups is 1. The molecule has 1 heterocycles. The van der Waals surface area contributed by atoms with E-state index < -0.39 is 0 Å². The van der Waals surface area contributed by atoms with E-state index in [0.29, 0.717) is 6.54 Å². The smallest absolute Gasteiger partial charge is 0.250 e. The number of benzene rings is 2. The number of amidine groups is 1. The van der Waals surface area contributed by atoms with Gasteiger partial charge in [-0.3, -0.25) is 9.79 Å². The van der Waals surface area contributed by atoms with Crippen molar-refractivity contribution in [1.82, 2.24) is 5.43 Å². The van der Waals surface area contributed by atoms with Crippen LogP contribution in [0.3, 0.4) is 0 Å². The number of thiophene rings is 1. The summed E-state index contributed by atoms with van der Waals surface area (Å²) in [6.45, 7) is 2.69. The second kappa shape index (κ2) is 11.3. The van der Waals surface area contributed by atoms with E-state index in [4.69, 9.17) is 0 Å². The highest BCUT2D eigenvalue weighted by molar-refractivity contribution is 8.14. The number of nitrogens with one attached hydrogen (secondary N) is 1. The summed E-state index contributed by atoms with van der Waals surface area (Å²) in [5.41, 5.74) is 5.94. The van der Waals surface area contributed by atoms with Crippen LogP contribution in [0.15, 0.2) is 82.2 Å². The molecule has 0 radical (unpaired) electrons. The van der Waals surface area contributed by atoms with Gasteiger partial charge < -0.3 is 4.90 Å². The minimum atomic E-state index is -0.167.